The summed E-state index contributed by atoms with van der Waals surface area (Å²) in [5.41, 5.74) is 1.59. The number of amides is 1. The van der Waals surface area contributed by atoms with Gasteiger partial charge in [0.05, 0.1) is 4.92 Å². The second kappa shape index (κ2) is 6.79. The molecule has 2 aliphatic rings. The second-order valence-electron chi connectivity index (χ2n) is 6.75. The van der Waals surface area contributed by atoms with Gasteiger partial charge in [-0.25, -0.2) is 0 Å². The standard InChI is InChI=1S/C19H19N3O5/c1-21(10-12-2-7-17-18(8-12)27-11-26-17)15-6-3-13(9-16(15)22(24)25)19(23)20-14-4-5-14/h2-3,6-9,14H,4-5,10-11H2,1H3,(H,20,23). The number of nitrogens with one attached hydrogen (secondary N) is 1. The topological polar surface area (TPSA) is 93.9 Å². The summed E-state index contributed by atoms with van der Waals surface area (Å²) in [6, 6.07) is 10.4. The third-order valence-corrected chi connectivity index (χ3v) is 4.61. The minimum atomic E-state index is -0.459. The molecule has 1 N–H and O–H groups in total. The molecule has 0 unspecified atom stereocenters. The van der Waals surface area contributed by atoms with Gasteiger partial charge in [0.2, 0.25) is 6.79 Å². The van der Waals surface area contributed by atoms with Crippen molar-refractivity contribution in [1.29, 1.82) is 0 Å². The molecular formula is C19H19N3O5. The van der Waals surface area contributed by atoms with E-state index in [2.05, 4.69) is 5.32 Å². The third kappa shape index (κ3) is 3.64. The van der Waals surface area contributed by atoms with E-state index in [-0.39, 0.29) is 24.4 Å². The number of hydrogen-bond acceptors (Lipinski definition) is 6. The van der Waals surface area contributed by atoms with Gasteiger partial charge >= 0.3 is 0 Å². The number of carbonyl (C=O) groups is 1. The third-order valence-electron chi connectivity index (χ3n) is 4.61. The van der Waals surface area contributed by atoms with E-state index in [1.165, 1.54) is 6.07 Å². The summed E-state index contributed by atoms with van der Waals surface area (Å²) >= 11 is 0. The maximum Gasteiger partial charge on any atom is 0.293 e. The summed E-state index contributed by atoms with van der Waals surface area (Å²) in [7, 11) is 1.77. The predicted octanol–water partition coefficient (Wildman–Crippen LogP) is 2.85. The van der Waals surface area contributed by atoms with Crippen LogP contribution in [0.5, 0.6) is 11.5 Å². The Morgan fingerprint density at radius 2 is 2.00 bits per heavy atom. The van der Waals surface area contributed by atoms with Crippen molar-refractivity contribution in [3.05, 3.63) is 57.6 Å². The maximum atomic E-state index is 12.2. The van der Waals surface area contributed by atoms with Gasteiger partial charge in [-0.2, -0.15) is 0 Å². The van der Waals surface area contributed by atoms with Crippen molar-refractivity contribution in [3.63, 3.8) is 0 Å². The number of benzene rings is 2. The molecule has 140 valence electrons. The zero-order valence-electron chi connectivity index (χ0n) is 14.8. The van der Waals surface area contributed by atoms with E-state index in [0.717, 1.165) is 18.4 Å². The van der Waals surface area contributed by atoms with Crippen molar-refractivity contribution in [1.82, 2.24) is 5.32 Å². The van der Waals surface area contributed by atoms with Crippen molar-refractivity contribution >= 4 is 17.3 Å². The number of ether oxygens (including phenoxy) is 2. The molecule has 0 bridgehead atoms. The quantitative estimate of drug-likeness (QED) is 0.622. The molecule has 1 fully saturated rings. The largest absolute Gasteiger partial charge is 0.454 e. The highest BCUT2D eigenvalue weighted by Gasteiger charge is 2.26. The number of rotatable bonds is 6. The van der Waals surface area contributed by atoms with E-state index in [1.807, 2.05) is 18.2 Å². The van der Waals surface area contributed by atoms with Gasteiger partial charge in [-0.3, -0.25) is 14.9 Å². The Morgan fingerprint density at radius 1 is 1.22 bits per heavy atom. The molecule has 0 radical (unpaired) electrons. The smallest absolute Gasteiger partial charge is 0.293 e. The number of anilines is 1. The van der Waals surface area contributed by atoms with Crippen LogP contribution in [0.25, 0.3) is 0 Å². The number of carbonyl (C=O) groups excluding carboxylic acids is 1. The maximum absolute atomic E-state index is 12.2. The van der Waals surface area contributed by atoms with Gasteiger partial charge in [-0.05, 0) is 42.7 Å². The molecule has 1 aliphatic heterocycles. The summed E-state index contributed by atoms with van der Waals surface area (Å²) in [6.07, 6.45) is 1.92. The summed E-state index contributed by atoms with van der Waals surface area (Å²) in [5, 5.41) is 14.4. The second-order valence-corrected chi connectivity index (χ2v) is 6.75. The Bertz CT molecular complexity index is 910. The highest BCUT2D eigenvalue weighted by Crippen LogP contribution is 2.34. The molecule has 1 aliphatic carbocycles. The highest BCUT2D eigenvalue weighted by atomic mass is 16.7. The van der Waals surface area contributed by atoms with Crippen LogP contribution < -0.4 is 19.7 Å². The first-order valence-electron chi connectivity index (χ1n) is 8.70. The minimum absolute atomic E-state index is 0.0957. The Labute approximate surface area is 155 Å². The van der Waals surface area contributed by atoms with Crippen molar-refractivity contribution < 1.29 is 19.2 Å². The predicted molar refractivity (Wildman–Crippen MR) is 98.3 cm³/mol. The first-order chi connectivity index (χ1) is 13.0. The normalized spacial score (nSPS) is 14.7. The van der Waals surface area contributed by atoms with Crippen molar-refractivity contribution in [2.75, 3.05) is 18.7 Å². The molecule has 0 saturated heterocycles. The van der Waals surface area contributed by atoms with Crippen LogP contribution in [-0.2, 0) is 6.54 Å². The lowest BCUT2D eigenvalue weighted by atomic mass is 10.1. The Morgan fingerprint density at radius 3 is 2.74 bits per heavy atom. The summed E-state index contributed by atoms with van der Waals surface area (Å²) in [5.74, 6) is 1.09. The Hall–Kier alpha value is -3.29. The SMILES string of the molecule is CN(Cc1ccc2c(c1)OCO2)c1ccc(C(=O)NC2CC2)cc1[N+](=O)[O-]. The molecule has 4 rings (SSSR count). The lowest BCUT2D eigenvalue weighted by Gasteiger charge is -2.20. The van der Waals surface area contributed by atoms with E-state index in [9.17, 15) is 14.9 Å². The van der Waals surface area contributed by atoms with Crippen LogP contribution in [-0.4, -0.2) is 30.7 Å². The van der Waals surface area contributed by atoms with Crippen LogP contribution in [0.2, 0.25) is 0 Å². The molecule has 27 heavy (non-hydrogen) atoms. The van der Waals surface area contributed by atoms with E-state index < -0.39 is 4.92 Å². The molecule has 0 atom stereocenters. The van der Waals surface area contributed by atoms with Gasteiger partial charge in [0, 0.05) is 31.3 Å². The minimum Gasteiger partial charge on any atom is -0.454 e. The molecule has 8 nitrogen and oxygen atoms in total. The average Bonchev–Trinajstić information content (AvgIpc) is 3.34. The molecule has 1 heterocycles. The fourth-order valence-corrected chi connectivity index (χ4v) is 3.03. The zero-order valence-corrected chi connectivity index (χ0v) is 14.8. The van der Waals surface area contributed by atoms with Crippen LogP contribution in [0, 0.1) is 10.1 Å². The first-order valence-corrected chi connectivity index (χ1v) is 8.70. The average molecular weight is 369 g/mol. The summed E-state index contributed by atoms with van der Waals surface area (Å²) in [4.78, 5) is 25.0. The van der Waals surface area contributed by atoms with E-state index in [4.69, 9.17) is 9.47 Å². The monoisotopic (exact) mass is 369 g/mol. The molecule has 8 heteroatoms. The van der Waals surface area contributed by atoms with Crippen molar-refractivity contribution in [3.8, 4) is 11.5 Å². The first kappa shape index (κ1) is 17.1. The number of hydrogen-bond donors (Lipinski definition) is 1. The molecule has 0 aromatic heterocycles. The lowest BCUT2D eigenvalue weighted by Crippen LogP contribution is -2.25. The van der Waals surface area contributed by atoms with Gasteiger partial charge in [-0.15, -0.1) is 0 Å². The fraction of sp³-hybridized carbons (Fsp3) is 0.316. The molecule has 2 aromatic carbocycles. The summed E-state index contributed by atoms with van der Waals surface area (Å²) < 4.78 is 10.7. The molecule has 2 aromatic rings. The highest BCUT2D eigenvalue weighted by molar-refractivity contribution is 5.96. The zero-order chi connectivity index (χ0) is 19.0. The van der Waals surface area contributed by atoms with Crippen molar-refractivity contribution in [2.24, 2.45) is 0 Å². The fourth-order valence-electron chi connectivity index (χ4n) is 3.03. The van der Waals surface area contributed by atoms with Gasteiger partial charge < -0.3 is 19.7 Å². The molecule has 0 spiro atoms. The van der Waals surface area contributed by atoms with Crippen LogP contribution in [0.15, 0.2) is 36.4 Å². The Kier molecular flexibility index (Phi) is 4.31. The van der Waals surface area contributed by atoms with Crippen LogP contribution in [0.4, 0.5) is 11.4 Å². The van der Waals surface area contributed by atoms with Crippen LogP contribution in [0.1, 0.15) is 28.8 Å². The van der Waals surface area contributed by atoms with Gasteiger partial charge in [-0.1, -0.05) is 6.07 Å². The van der Waals surface area contributed by atoms with Crippen molar-refractivity contribution in [2.45, 2.75) is 25.4 Å². The summed E-state index contributed by atoms with van der Waals surface area (Å²) in [6.45, 7) is 0.648. The van der Waals surface area contributed by atoms with Crippen LogP contribution >= 0.6 is 0 Å². The van der Waals surface area contributed by atoms with Crippen LogP contribution in [0.3, 0.4) is 0 Å². The van der Waals surface area contributed by atoms with E-state index in [0.29, 0.717) is 29.3 Å². The molecule has 1 amide bonds. The Balaban J connectivity index is 1.55. The number of nitrogens with zero attached hydrogens (tertiary/aromatic N) is 2. The molecular weight excluding hydrogens is 350 g/mol. The number of nitro groups is 1. The lowest BCUT2D eigenvalue weighted by molar-refractivity contribution is -0.384. The van der Waals surface area contributed by atoms with Gasteiger partial charge in [0.1, 0.15) is 5.69 Å². The molecule has 1 saturated carbocycles. The van der Waals surface area contributed by atoms with Gasteiger partial charge in [0.15, 0.2) is 11.5 Å². The van der Waals surface area contributed by atoms with E-state index >= 15 is 0 Å². The number of fused-ring (bicyclic) bond motifs is 1. The number of nitro benzene ring substituents is 1. The van der Waals surface area contributed by atoms with E-state index in [1.54, 1.807) is 24.1 Å². The van der Waals surface area contributed by atoms with Gasteiger partial charge in [0.25, 0.3) is 11.6 Å².